The van der Waals surface area contributed by atoms with Gasteiger partial charge >= 0.3 is 0 Å². The number of benzene rings is 1. The Morgan fingerprint density at radius 1 is 1.31 bits per heavy atom. The minimum Gasteiger partial charge on any atom is -0.468 e. The van der Waals surface area contributed by atoms with E-state index in [1.165, 1.54) is 5.56 Å². The molecule has 0 saturated heterocycles. The predicted octanol–water partition coefficient (Wildman–Crippen LogP) is 2.56. The van der Waals surface area contributed by atoms with Crippen molar-refractivity contribution < 1.29 is 9.47 Å². The molecule has 0 atom stereocenters. The van der Waals surface area contributed by atoms with E-state index in [1.54, 1.807) is 0 Å². The fourth-order valence-corrected chi connectivity index (χ4v) is 1.26. The molecule has 0 fully saturated rings. The molecule has 1 aromatic carbocycles. The van der Waals surface area contributed by atoms with E-state index in [0.29, 0.717) is 19.4 Å². The summed E-state index contributed by atoms with van der Waals surface area (Å²) in [6.45, 7) is 8.08. The van der Waals surface area contributed by atoms with E-state index < -0.39 is 0 Å². The Morgan fingerprint density at radius 3 is 2.81 bits per heavy atom. The highest BCUT2D eigenvalue weighted by atomic mass is 16.7. The third-order valence-electron chi connectivity index (χ3n) is 2.13. The molecule has 0 radical (unpaired) electrons. The maximum absolute atomic E-state index is 5.44. The second-order valence-corrected chi connectivity index (χ2v) is 3.94. The standard InChI is InChI=1S/C13H21NO2/c1-4-15-10-16-13-7-5-6-12(8-13)9-14-11(2)3/h5-8,11,14H,4,9-10H2,1-3H3. The van der Waals surface area contributed by atoms with Crippen molar-refractivity contribution in [3.8, 4) is 5.75 Å². The number of hydrogen-bond donors (Lipinski definition) is 1. The molecule has 3 nitrogen and oxygen atoms in total. The van der Waals surface area contributed by atoms with Crippen molar-refractivity contribution in [2.75, 3.05) is 13.4 Å². The second kappa shape index (κ2) is 7.25. The topological polar surface area (TPSA) is 30.5 Å². The molecule has 1 aromatic rings. The van der Waals surface area contributed by atoms with Crippen LogP contribution >= 0.6 is 0 Å². The fourth-order valence-electron chi connectivity index (χ4n) is 1.26. The molecule has 1 N–H and O–H groups in total. The molecular weight excluding hydrogens is 202 g/mol. The molecule has 0 unspecified atom stereocenters. The first-order valence-electron chi connectivity index (χ1n) is 5.75. The first kappa shape index (κ1) is 13.0. The fraction of sp³-hybridized carbons (Fsp3) is 0.538. The Kier molecular flexibility index (Phi) is 5.90. The lowest BCUT2D eigenvalue weighted by molar-refractivity contribution is 0.0224. The van der Waals surface area contributed by atoms with Crippen LogP contribution in [0.15, 0.2) is 24.3 Å². The van der Waals surface area contributed by atoms with Crippen LogP contribution in [0, 0.1) is 0 Å². The highest BCUT2D eigenvalue weighted by Gasteiger charge is 1.98. The van der Waals surface area contributed by atoms with Crippen LogP contribution in [0.5, 0.6) is 5.75 Å². The Hall–Kier alpha value is -1.06. The van der Waals surface area contributed by atoms with Crippen molar-refractivity contribution in [2.45, 2.75) is 33.4 Å². The van der Waals surface area contributed by atoms with Crippen molar-refractivity contribution in [2.24, 2.45) is 0 Å². The molecule has 16 heavy (non-hydrogen) atoms. The van der Waals surface area contributed by atoms with E-state index >= 15 is 0 Å². The lowest BCUT2D eigenvalue weighted by Gasteiger charge is -2.10. The van der Waals surface area contributed by atoms with Crippen molar-refractivity contribution in [1.82, 2.24) is 5.32 Å². The molecule has 0 aliphatic heterocycles. The summed E-state index contributed by atoms with van der Waals surface area (Å²) in [7, 11) is 0. The SMILES string of the molecule is CCOCOc1cccc(CNC(C)C)c1. The molecule has 0 aliphatic rings. The molecule has 0 aromatic heterocycles. The van der Waals surface area contributed by atoms with Crippen molar-refractivity contribution in [3.05, 3.63) is 29.8 Å². The van der Waals surface area contributed by atoms with Gasteiger partial charge in [-0.15, -0.1) is 0 Å². The summed E-state index contributed by atoms with van der Waals surface area (Å²) in [5.74, 6) is 0.858. The van der Waals surface area contributed by atoms with Crippen molar-refractivity contribution in [1.29, 1.82) is 0 Å². The molecule has 0 spiro atoms. The van der Waals surface area contributed by atoms with Gasteiger partial charge in [0, 0.05) is 19.2 Å². The summed E-state index contributed by atoms with van der Waals surface area (Å²) in [4.78, 5) is 0. The van der Waals surface area contributed by atoms with E-state index in [-0.39, 0.29) is 0 Å². The van der Waals surface area contributed by atoms with Crippen LogP contribution in [0.2, 0.25) is 0 Å². The molecule has 0 amide bonds. The van der Waals surface area contributed by atoms with Crippen LogP contribution < -0.4 is 10.1 Å². The highest BCUT2D eigenvalue weighted by molar-refractivity contribution is 5.28. The molecular formula is C13H21NO2. The molecule has 0 bridgehead atoms. The first-order valence-corrected chi connectivity index (χ1v) is 5.75. The van der Waals surface area contributed by atoms with E-state index in [0.717, 1.165) is 12.3 Å². The van der Waals surface area contributed by atoms with Gasteiger partial charge in [0.05, 0.1) is 0 Å². The molecule has 1 rings (SSSR count). The van der Waals surface area contributed by atoms with Crippen LogP contribution in [0.3, 0.4) is 0 Å². The Bertz CT molecular complexity index is 300. The Morgan fingerprint density at radius 2 is 2.12 bits per heavy atom. The van der Waals surface area contributed by atoms with Crippen LogP contribution in [0.4, 0.5) is 0 Å². The highest BCUT2D eigenvalue weighted by Crippen LogP contribution is 2.13. The number of ether oxygens (including phenoxy) is 2. The van der Waals surface area contributed by atoms with Crippen molar-refractivity contribution in [3.63, 3.8) is 0 Å². The molecule has 90 valence electrons. The summed E-state index contributed by atoms with van der Waals surface area (Å²) in [6, 6.07) is 8.56. The molecule has 0 aliphatic carbocycles. The number of hydrogen-bond acceptors (Lipinski definition) is 3. The van der Waals surface area contributed by atoms with E-state index in [2.05, 4.69) is 25.2 Å². The van der Waals surface area contributed by atoms with Crippen LogP contribution in [-0.4, -0.2) is 19.4 Å². The summed E-state index contributed by atoms with van der Waals surface area (Å²) < 4.78 is 10.6. The molecule has 0 heterocycles. The summed E-state index contributed by atoms with van der Waals surface area (Å²) >= 11 is 0. The maximum atomic E-state index is 5.44. The Labute approximate surface area is 97.8 Å². The summed E-state index contributed by atoms with van der Waals surface area (Å²) in [6.07, 6.45) is 0. The number of nitrogens with one attached hydrogen (secondary N) is 1. The Balaban J connectivity index is 2.43. The van der Waals surface area contributed by atoms with E-state index in [9.17, 15) is 0 Å². The first-order chi connectivity index (χ1) is 7.72. The normalized spacial score (nSPS) is 10.8. The summed E-state index contributed by atoms with van der Waals surface area (Å²) in [5.41, 5.74) is 1.22. The monoisotopic (exact) mass is 223 g/mol. The zero-order chi connectivity index (χ0) is 11.8. The molecule has 0 saturated carbocycles. The zero-order valence-corrected chi connectivity index (χ0v) is 10.3. The average Bonchev–Trinajstić information content (AvgIpc) is 2.27. The van der Waals surface area contributed by atoms with Gasteiger partial charge in [-0.25, -0.2) is 0 Å². The van der Waals surface area contributed by atoms with Gasteiger partial charge in [0.15, 0.2) is 6.79 Å². The summed E-state index contributed by atoms with van der Waals surface area (Å²) in [5, 5.41) is 3.37. The lowest BCUT2D eigenvalue weighted by atomic mass is 10.2. The van der Waals surface area contributed by atoms with Gasteiger partial charge in [-0.2, -0.15) is 0 Å². The smallest absolute Gasteiger partial charge is 0.189 e. The maximum Gasteiger partial charge on any atom is 0.189 e. The lowest BCUT2D eigenvalue weighted by Crippen LogP contribution is -2.21. The van der Waals surface area contributed by atoms with Gasteiger partial charge in [0.1, 0.15) is 5.75 Å². The van der Waals surface area contributed by atoms with Gasteiger partial charge in [-0.05, 0) is 24.6 Å². The van der Waals surface area contributed by atoms with Gasteiger partial charge in [0.25, 0.3) is 0 Å². The van der Waals surface area contributed by atoms with Gasteiger partial charge in [0.2, 0.25) is 0 Å². The van der Waals surface area contributed by atoms with E-state index in [1.807, 2.05) is 25.1 Å². The zero-order valence-electron chi connectivity index (χ0n) is 10.3. The third-order valence-corrected chi connectivity index (χ3v) is 2.13. The van der Waals surface area contributed by atoms with Crippen LogP contribution in [-0.2, 0) is 11.3 Å². The second-order valence-electron chi connectivity index (χ2n) is 3.94. The van der Waals surface area contributed by atoms with Crippen LogP contribution in [0.1, 0.15) is 26.3 Å². The average molecular weight is 223 g/mol. The molecule has 3 heteroatoms. The minimum absolute atomic E-state index is 0.317. The van der Waals surface area contributed by atoms with Gasteiger partial charge in [-0.1, -0.05) is 26.0 Å². The predicted molar refractivity (Wildman–Crippen MR) is 65.5 cm³/mol. The largest absolute Gasteiger partial charge is 0.468 e. The third kappa shape index (κ3) is 5.14. The van der Waals surface area contributed by atoms with Crippen LogP contribution in [0.25, 0.3) is 0 Å². The number of rotatable bonds is 7. The van der Waals surface area contributed by atoms with E-state index in [4.69, 9.17) is 9.47 Å². The van der Waals surface area contributed by atoms with Gasteiger partial charge < -0.3 is 14.8 Å². The van der Waals surface area contributed by atoms with Crippen molar-refractivity contribution >= 4 is 0 Å². The minimum atomic E-state index is 0.317. The quantitative estimate of drug-likeness (QED) is 0.569. The van der Waals surface area contributed by atoms with Gasteiger partial charge in [-0.3, -0.25) is 0 Å².